The molecule has 0 spiro atoms. The summed E-state index contributed by atoms with van der Waals surface area (Å²) in [6.07, 6.45) is 2.08. The van der Waals surface area contributed by atoms with E-state index >= 15 is 0 Å². The molecule has 0 aliphatic carbocycles. The molecule has 3 aromatic rings. The molecule has 0 saturated carbocycles. The van der Waals surface area contributed by atoms with Gasteiger partial charge in [0.2, 0.25) is 5.91 Å². The van der Waals surface area contributed by atoms with E-state index < -0.39 is 0 Å². The zero-order chi connectivity index (χ0) is 20.2. The Morgan fingerprint density at radius 2 is 1.79 bits per heavy atom. The smallest absolute Gasteiger partial charge is 0.224 e. The number of nitrogens with one attached hydrogen (secondary N) is 2. The van der Waals surface area contributed by atoms with Gasteiger partial charge in [0.25, 0.3) is 0 Å². The van der Waals surface area contributed by atoms with E-state index in [0.29, 0.717) is 6.54 Å². The van der Waals surface area contributed by atoms with Gasteiger partial charge in [-0.15, -0.1) is 0 Å². The van der Waals surface area contributed by atoms with Crippen LogP contribution in [0.5, 0.6) is 0 Å². The molecule has 2 heterocycles. The summed E-state index contributed by atoms with van der Waals surface area (Å²) >= 11 is 0. The highest BCUT2D eigenvalue weighted by molar-refractivity contribution is 5.79. The number of amides is 1. The van der Waals surface area contributed by atoms with Gasteiger partial charge in [0.1, 0.15) is 11.6 Å². The van der Waals surface area contributed by atoms with Gasteiger partial charge in [-0.2, -0.15) is 5.10 Å². The minimum Gasteiger partial charge on any atom is -0.353 e. The number of anilines is 1. The molecular formula is C22H22F2N4O. The molecule has 1 aromatic heterocycles. The van der Waals surface area contributed by atoms with Crippen molar-refractivity contribution in [2.75, 3.05) is 18.0 Å². The molecule has 7 heteroatoms. The number of hydrogen-bond donors (Lipinski definition) is 2. The first-order valence-corrected chi connectivity index (χ1v) is 9.67. The Morgan fingerprint density at radius 1 is 1.10 bits per heavy atom. The van der Waals surface area contributed by atoms with E-state index in [1.54, 1.807) is 24.3 Å². The minimum atomic E-state index is -0.309. The lowest BCUT2D eigenvalue weighted by Crippen LogP contribution is -2.48. The highest BCUT2D eigenvalue weighted by Crippen LogP contribution is 2.24. The van der Waals surface area contributed by atoms with Crippen molar-refractivity contribution in [1.29, 1.82) is 0 Å². The highest BCUT2D eigenvalue weighted by Gasteiger charge is 2.23. The summed E-state index contributed by atoms with van der Waals surface area (Å²) in [6, 6.07) is 14.2. The topological polar surface area (TPSA) is 61.0 Å². The molecule has 0 radical (unpaired) electrons. The monoisotopic (exact) mass is 396 g/mol. The van der Waals surface area contributed by atoms with E-state index in [2.05, 4.69) is 20.4 Å². The summed E-state index contributed by atoms with van der Waals surface area (Å²) in [7, 11) is 0. The second kappa shape index (κ2) is 8.43. The van der Waals surface area contributed by atoms with Gasteiger partial charge in [-0.05, 0) is 60.4 Å². The van der Waals surface area contributed by atoms with Crippen molar-refractivity contribution in [2.24, 2.45) is 0 Å². The van der Waals surface area contributed by atoms with Crippen molar-refractivity contribution < 1.29 is 13.6 Å². The van der Waals surface area contributed by atoms with Crippen LogP contribution in [0.15, 0.2) is 54.6 Å². The van der Waals surface area contributed by atoms with Gasteiger partial charge in [-0.25, -0.2) is 8.78 Å². The average molecular weight is 396 g/mol. The highest BCUT2D eigenvalue weighted by atomic mass is 19.1. The SMILES string of the molecule is O=C(Cc1ccc(F)cc1)NC1CCCN(c2cc(-c3ccc(F)cc3)[nH]n2)C1. The van der Waals surface area contributed by atoms with Gasteiger partial charge in [-0.1, -0.05) is 12.1 Å². The Labute approximate surface area is 167 Å². The summed E-state index contributed by atoms with van der Waals surface area (Å²) in [5.41, 5.74) is 2.47. The zero-order valence-corrected chi connectivity index (χ0v) is 15.9. The fourth-order valence-electron chi connectivity index (χ4n) is 3.62. The molecular weight excluding hydrogens is 374 g/mol. The van der Waals surface area contributed by atoms with E-state index in [1.807, 2.05) is 6.07 Å². The van der Waals surface area contributed by atoms with Crippen LogP contribution in [-0.2, 0) is 11.2 Å². The number of rotatable bonds is 5. The van der Waals surface area contributed by atoms with Gasteiger partial charge in [0.15, 0.2) is 5.82 Å². The first-order chi connectivity index (χ1) is 14.1. The number of aromatic amines is 1. The lowest BCUT2D eigenvalue weighted by Gasteiger charge is -2.33. The summed E-state index contributed by atoms with van der Waals surface area (Å²) in [6.45, 7) is 1.53. The van der Waals surface area contributed by atoms with E-state index in [0.717, 1.165) is 42.0 Å². The number of hydrogen-bond acceptors (Lipinski definition) is 3. The van der Waals surface area contributed by atoms with Crippen molar-refractivity contribution in [1.82, 2.24) is 15.5 Å². The molecule has 5 nitrogen and oxygen atoms in total. The van der Waals surface area contributed by atoms with Crippen molar-refractivity contribution in [3.05, 3.63) is 71.8 Å². The first-order valence-electron chi connectivity index (χ1n) is 9.67. The molecule has 1 atom stereocenters. The zero-order valence-electron chi connectivity index (χ0n) is 15.9. The summed E-state index contributed by atoms with van der Waals surface area (Å²) in [5.74, 6) is 0.152. The third-order valence-corrected chi connectivity index (χ3v) is 5.11. The number of benzene rings is 2. The fourth-order valence-corrected chi connectivity index (χ4v) is 3.62. The van der Waals surface area contributed by atoms with E-state index in [4.69, 9.17) is 0 Å². The Balaban J connectivity index is 1.36. The van der Waals surface area contributed by atoms with Crippen LogP contribution >= 0.6 is 0 Å². The molecule has 1 aliphatic rings. The molecule has 2 aromatic carbocycles. The Kier molecular flexibility index (Phi) is 5.55. The third-order valence-electron chi connectivity index (χ3n) is 5.11. The van der Waals surface area contributed by atoms with Crippen LogP contribution in [-0.4, -0.2) is 35.2 Å². The minimum absolute atomic E-state index is 0.0302. The molecule has 2 N–H and O–H groups in total. The van der Waals surface area contributed by atoms with Crippen LogP contribution in [0.2, 0.25) is 0 Å². The maximum Gasteiger partial charge on any atom is 0.224 e. The molecule has 0 bridgehead atoms. The van der Waals surface area contributed by atoms with Gasteiger partial charge in [-0.3, -0.25) is 9.89 Å². The lowest BCUT2D eigenvalue weighted by atomic mass is 10.0. The van der Waals surface area contributed by atoms with E-state index in [1.165, 1.54) is 24.3 Å². The van der Waals surface area contributed by atoms with Crippen LogP contribution in [0.4, 0.5) is 14.6 Å². The van der Waals surface area contributed by atoms with Crippen molar-refractivity contribution in [2.45, 2.75) is 25.3 Å². The third kappa shape index (κ3) is 4.80. The molecule has 1 amide bonds. The van der Waals surface area contributed by atoms with E-state index in [9.17, 15) is 13.6 Å². The van der Waals surface area contributed by atoms with Gasteiger partial charge in [0, 0.05) is 25.2 Å². The van der Waals surface area contributed by atoms with Crippen LogP contribution in [0.3, 0.4) is 0 Å². The summed E-state index contributed by atoms with van der Waals surface area (Å²) < 4.78 is 26.1. The number of carbonyl (C=O) groups is 1. The molecule has 1 fully saturated rings. The van der Waals surface area contributed by atoms with Gasteiger partial charge >= 0.3 is 0 Å². The Bertz CT molecular complexity index is 969. The van der Waals surface area contributed by atoms with Crippen LogP contribution < -0.4 is 10.2 Å². The van der Waals surface area contributed by atoms with E-state index in [-0.39, 0.29) is 30.0 Å². The molecule has 1 unspecified atom stereocenters. The molecule has 29 heavy (non-hydrogen) atoms. The second-order valence-electron chi connectivity index (χ2n) is 7.30. The van der Waals surface area contributed by atoms with Crippen molar-refractivity contribution >= 4 is 11.7 Å². The maximum absolute atomic E-state index is 13.1. The molecule has 150 valence electrons. The Hall–Kier alpha value is -3.22. The lowest BCUT2D eigenvalue weighted by molar-refractivity contribution is -0.121. The molecule has 4 rings (SSSR count). The molecule has 1 saturated heterocycles. The van der Waals surface area contributed by atoms with Crippen LogP contribution in [0, 0.1) is 11.6 Å². The predicted octanol–water partition coefficient (Wildman–Crippen LogP) is 3.68. The van der Waals surface area contributed by atoms with Crippen molar-refractivity contribution in [3.63, 3.8) is 0 Å². The standard InChI is InChI=1S/C22H22F2N4O/c23-17-7-3-15(4-8-17)12-22(29)25-19-2-1-11-28(14-19)21-13-20(26-27-21)16-5-9-18(24)10-6-16/h3-10,13,19H,1-2,11-12,14H2,(H,25,29)(H,26,27). The number of aromatic nitrogens is 2. The number of carbonyl (C=O) groups excluding carboxylic acids is 1. The first kappa shape index (κ1) is 19.1. The normalized spacial score (nSPS) is 16.6. The second-order valence-corrected chi connectivity index (χ2v) is 7.30. The largest absolute Gasteiger partial charge is 0.353 e. The average Bonchev–Trinajstić information content (AvgIpc) is 3.21. The number of H-pyrrole nitrogens is 1. The van der Waals surface area contributed by atoms with Gasteiger partial charge < -0.3 is 10.2 Å². The van der Waals surface area contributed by atoms with Gasteiger partial charge in [0.05, 0.1) is 12.1 Å². The predicted molar refractivity (Wildman–Crippen MR) is 107 cm³/mol. The fraction of sp³-hybridized carbons (Fsp3) is 0.273. The molecule has 1 aliphatic heterocycles. The Morgan fingerprint density at radius 3 is 2.52 bits per heavy atom. The summed E-state index contributed by atoms with van der Waals surface area (Å²) in [5, 5.41) is 10.5. The number of piperidine rings is 1. The maximum atomic E-state index is 13.1. The van der Waals surface area contributed by atoms with Crippen molar-refractivity contribution in [3.8, 4) is 11.3 Å². The summed E-state index contributed by atoms with van der Waals surface area (Å²) in [4.78, 5) is 14.5. The van der Waals surface area contributed by atoms with Crippen LogP contribution in [0.1, 0.15) is 18.4 Å². The number of nitrogens with zero attached hydrogens (tertiary/aromatic N) is 2. The van der Waals surface area contributed by atoms with Crippen LogP contribution in [0.25, 0.3) is 11.3 Å². The number of halogens is 2. The quantitative estimate of drug-likeness (QED) is 0.692.